The van der Waals surface area contributed by atoms with Crippen molar-refractivity contribution in [1.82, 2.24) is 24.7 Å². The zero-order valence-corrected chi connectivity index (χ0v) is 17.5. The molecule has 11 heteroatoms. The highest BCUT2D eigenvalue weighted by atomic mass is 32.2. The van der Waals surface area contributed by atoms with Gasteiger partial charge in [-0.25, -0.2) is 18.1 Å². The molecule has 1 saturated heterocycles. The molecule has 4 rings (SSSR count). The maximum absolute atomic E-state index is 12.7. The molecule has 1 aliphatic rings. The minimum atomic E-state index is -3.75. The molecule has 1 aromatic carbocycles. The molecular weight excluding hydrogens is 408 g/mol. The molecule has 1 aliphatic heterocycles. The molecule has 1 N–H and O–H groups in total. The normalized spacial score (nSPS) is 14.3. The summed E-state index contributed by atoms with van der Waals surface area (Å²) < 4.78 is 38.3. The van der Waals surface area contributed by atoms with E-state index in [1.165, 1.54) is 25.5 Å². The summed E-state index contributed by atoms with van der Waals surface area (Å²) in [4.78, 5) is 19.2. The van der Waals surface area contributed by atoms with E-state index in [-0.39, 0.29) is 17.5 Å². The summed E-state index contributed by atoms with van der Waals surface area (Å²) in [5.74, 6) is 1.34. The third-order valence-corrected chi connectivity index (χ3v) is 6.14. The van der Waals surface area contributed by atoms with Crippen LogP contribution in [0.4, 0.5) is 5.95 Å². The maximum atomic E-state index is 12.7. The van der Waals surface area contributed by atoms with Crippen molar-refractivity contribution in [3.8, 4) is 17.3 Å². The van der Waals surface area contributed by atoms with E-state index >= 15 is 0 Å². The number of aromatic nitrogens is 4. The Morgan fingerprint density at radius 3 is 2.47 bits per heavy atom. The predicted octanol–water partition coefficient (Wildman–Crippen LogP) is 1.92. The van der Waals surface area contributed by atoms with E-state index < -0.39 is 10.0 Å². The van der Waals surface area contributed by atoms with Crippen LogP contribution >= 0.6 is 0 Å². The fraction of sp³-hybridized carbons (Fsp3) is 0.368. The molecule has 1 fully saturated rings. The monoisotopic (exact) mass is 430 g/mol. The number of ether oxygens (including phenoxy) is 1. The number of sulfonamides is 1. The van der Waals surface area contributed by atoms with Crippen molar-refractivity contribution >= 4 is 16.0 Å². The fourth-order valence-electron chi connectivity index (χ4n) is 3.16. The summed E-state index contributed by atoms with van der Waals surface area (Å²) in [5.41, 5.74) is 1.42. The predicted molar refractivity (Wildman–Crippen MR) is 109 cm³/mol. The van der Waals surface area contributed by atoms with E-state index in [1.807, 2.05) is 4.90 Å². The van der Waals surface area contributed by atoms with Gasteiger partial charge >= 0.3 is 6.01 Å². The van der Waals surface area contributed by atoms with Crippen molar-refractivity contribution in [2.45, 2.75) is 31.2 Å². The highest BCUT2D eigenvalue weighted by Crippen LogP contribution is 2.21. The number of anilines is 1. The molecule has 2 aromatic heterocycles. The number of benzene rings is 1. The first-order valence-electron chi connectivity index (χ1n) is 9.51. The lowest BCUT2D eigenvalue weighted by atomic mass is 10.2. The zero-order valence-electron chi connectivity index (χ0n) is 16.7. The molecule has 0 aliphatic carbocycles. The zero-order chi connectivity index (χ0) is 21.1. The second kappa shape index (κ2) is 8.36. The number of aryl methyl sites for hydroxylation is 1. The number of nitrogens with one attached hydrogen (secondary N) is 1. The molecule has 0 radical (unpaired) electrons. The van der Waals surface area contributed by atoms with E-state index in [0.29, 0.717) is 23.4 Å². The molecule has 0 saturated carbocycles. The standard InChI is InChI=1S/C19H22N6O4S/c1-13-21-16(12-29-13)14-5-7-15(8-6-14)30(26,27)20-11-17-22-18(24-19(23-17)28-2)25-9-3-4-10-25/h5-8,12,20H,3-4,9-11H2,1-2H3. The maximum Gasteiger partial charge on any atom is 0.321 e. The van der Waals surface area contributed by atoms with Crippen LogP contribution in [-0.4, -0.2) is 48.6 Å². The minimum Gasteiger partial charge on any atom is -0.467 e. The summed E-state index contributed by atoms with van der Waals surface area (Å²) in [7, 11) is -2.29. The quantitative estimate of drug-likeness (QED) is 0.599. The van der Waals surface area contributed by atoms with Gasteiger partial charge < -0.3 is 14.1 Å². The van der Waals surface area contributed by atoms with Crippen molar-refractivity contribution in [3.05, 3.63) is 42.2 Å². The average Bonchev–Trinajstić information content (AvgIpc) is 3.44. The van der Waals surface area contributed by atoms with Gasteiger partial charge in [-0.15, -0.1) is 0 Å². The number of oxazole rings is 1. The van der Waals surface area contributed by atoms with E-state index in [1.54, 1.807) is 19.1 Å². The number of nitrogens with zero attached hydrogens (tertiary/aromatic N) is 5. The molecular formula is C19H22N6O4S. The van der Waals surface area contributed by atoms with Crippen LogP contribution in [0.5, 0.6) is 6.01 Å². The highest BCUT2D eigenvalue weighted by molar-refractivity contribution is 7.89. The second-order valence-corrected chi connectivity index (χ2v) is 8.60. The molecule has 0 atom stereocenters. The molecule has 0 spiro atoms. The van der Waals surface area contributed by atoms with Gasteiger partial charge in [-0.2, -0.15) is 15.0 Å². The van der Waals surface area contributed by atoms with Crippen molar-refractivity contribution in [1.29, 1.82) is 0 Å². The molecule has 158 valence electrons. The molecule has 10 nitrogen and oxygen atoms in total. The lowest BCUT2D eigenvalue weighted by molar-refractivity contribution is 0.375. The van der Waals surface area contributed by atoms with E-state index in [4.69, 9.17) is 9.15 Å². The van der Waals surface area contributed by atoms with Crippen LogP contribution in [-0.2, 0) is 16.6 Å². The van der Waals surface area contributed by atoms with Crippen LogP contribution < -0.4 is 14.4 Å². The van der Waals surface area contributed by atoms with Crippen LogP contribution in [0, 0.1) is 6.92 Å². The summed E-state index contributed by atoms with van der Waals surface area (Å²) >= 11 is 0. The van der Waals surface area contributed by atoms with Crippen LogP contribution in [0.2, 0.25) is 0 Å². The third-order valence-electron chi connectivity index (χ3n) is 4.72. The molecule has 0 unspecified atom stereocenters. The Morgan fingerprint density at radius 1 is 1.10 bits per heavy atom. The van der Waals surface area contributed by atoms with Gasteiger partial charge in [0.25, 0.3) is 0 Å². The first-order valence-corrected chi connectivity index (χ1v) is 11.0. The van der Waals surface area contributed by atoms with Crippen LogP contribution in [0.25, 0.3) is 11.3 Å². The lowest BCUT2D eigenvalue weighted by Gasteiger charge is -2.16. The van der Waals surface area contributed by atoms with E-state index in [2.05, 4.69) is 24.7 Å². The van der Waals surface area contributed by atoms with Crippen LogP contribution in [0.1, 0.15) is 24.6 Å². The van der Waals surface area contributed by atoms with Gasteiger partial charge in [-0.05, 0) is 25.0 Å². The number of methoxy groups -OCH3 is 1. The molecule has 0 amide bonds. The minimum absolute atomic E-state index is 0.0771. The molecule has 30 heavy (non-hydrogen) atoms. The Labute approximate surface area is 174 Å². The summed E-state index contributed by atoms with van der Waals surface area (Å²) in [6.45, 7) is 3.38. The SMILES string of the molecule is COc1nc(CNS(=O)(=O)c2ccc(-c3coc(C)n3)cc2)nc(N2CCCC2)n1. The smallest absolute Gasteiger partial charge is 0.321 e. The first-order chi connectivity index (χ1) is 14.4. The first kappa shape index (κ1) is 20.2. The van der Waals surface area contributed by atoms with Gasteiger partial charge in [0.05, 0.1) is 18.6 Å². The Morgan fingerprint density at radius 2 is 1.83 bits per heavy atom. The van der Waals surface area contributed by atoms with E-state index in [0.717, 1.165) is 31.5 Å². The van der Waals surface area contributed by atoms with Gasteiger partial charge in [-0.1, -0.05) is 12.1 Å². The van der Waals surface area contributed by atoms with Gasteiger partial charge in [0.2, 0.25) is 16.0 Å². The lowest BCUT2D eigenvalue weighted by Crippen LogP contribution is -2.26. The van der Waals surface area contributed by atoms with Crippen molar-refractivity contribution in [3.63, 3.8) is 0 Å². The summed E-state index contributed by atoms with van der Waals surface area (Å²) in [5, 5.41) is 0. The van der Waals surface area contributed by atoms with Gasteiger partial charge in [-0.3, -0.25) is 0 Å². The number of hydrogen-bond donors (Lipinski definition) is 1. The highest BCUT2D eigenvalue weighted by Gasteiger charge is 2.19. The van der Waals surface area contributed by atoms with Gasteiger partial charge in [0.1, 0.15) is 12.0 Å². The largest absolute Gasteiger partial charge is 0.467 e. The van der Waals surface area contributed by atoms with Crippen LogP contribution in [0.3, 0.4) is 0 Å². The summed E-state index contributed by atoms with van der Waals surface area (Å²) in [6, 6.07) is 6.57. The summed E-state index contributed by atoms with van der Waals surface area (Å²) in [6.07, 6.45) is 3.67. The Bertz CT molecular complexity index is 1120. The van der Waals surface area contributed by atoms with Crippen molar-refractivity contribution < 1.29 is 17.6 Å². The molecule has 3 heterocycles. The molecule has 0 bridgehead atoms. The molecule has 3 aromatic rings. The average molecular weight is 430 g/mol. The van der Waals surface area contributed by atoms with Crippen molar-refractivity contribution in [2.75, 3.05) is 25.1 Å². The van der Waals surface area contributed by atoms with Gasteiger partial charge in [0, 0.05) is 25.6 Å². The van der Waals surface area contributed by atoms with Crippen LogP contribution in [0.15, 0.2) is 39.8 Å². The Hall–Kier alpha value is -3.05. The second-order valence-electron chi connectivity index (χ2n) is 6.83. The Kier molecular flexibility index (Phi) is 5.64. The number of rotatable bonds is 7. The Balaban J connectivity index is 1.49. The van der Waals surface area contributed by atoms with Crippen molar-refractivity contribution in [2.24, 2.45) is 0 Å². The fourth-order valence-corrected chi connectivity index (χ4v) is 4.14. The topological polar surface area (TPSA) is 123 Å². The number of hydrogen-bond acceptors (Lipinski definition) is 9. The third kappa shape index (κ3) is 4.41. The van der Waals surface area contributed by atoms with E-state index in [9.17, 15) is 8.42 Å². The van der Waals surface area contributed by atoms with Gasteiger partial charge in [0.15, 0.2) is 11.7 Å².